The summed E-state index contributed by atoms with van der Waals surface area (Å²) in [6.45, 7) is 5.20. The number of aromatic nitrogens is 1. The van der Waals surface area contributed by atoms with E-state index in [-0.39, 0.29) is 11.1 Å². The number of hydrogen-bond acceptors (Lipinski definition) is 10. The lowest BCUT2D eigenvalue weighted by molar-refractivity contribution is -0.143. The molecule has 12 heteroatoms. The molecule has 2 aromatic heterocycles. The number of benzene rings is 2. The summed E-state index contributed by atoms with van der Waals surface area (Å²) in [6, 6.07) is 12.4. The number of allylic oxidation sites excluding steroid dienone is 1. The van der Waals surface area contributed by atoms with Gasteiger partial charge in [0.1, 0.15) is 29.1 Å². The van der Waals surface area contributed by atoms with E-state index in [0.29, 0.717) is 54.2 Å². The summed E-state index contributed by atoms with van der Waals surface area (Å²) in [4.78, 5) is 44.9. The van der Waals surface area contributed by atoms with Crippen molar-refractivity contribution in [2.75, 3.05) is 21.3 Å². The minimum Gasteiger partial charge on any atom is -0.497 e. The molecule has 0 spiro atoms. The molecule has 0 amide bonds. The second-order valence-electron chi connectivity index (χ2n) is 10.0. The Morgan fingerprint density at radius 2 is 1.82 bits per heavy atom. The van der Waals surface area contributed by atoms with Crippen molar-refractivity contribution in [1.82, 2.24) is 4.57 Å². The Balaban J connectivity index is 1.68. The van der Waals surface area contributed by atoms with Gasteiger partial charge in [-0.25, -0.2) is 14.6 Å². The van der Waals surface area contributed by atoms with E-state index in [0.717, 1.165) is 11.3 Å². The second-order valence-corrected chi connectivity index (χ2v) is 11.5. The van der Waals surface area contributed by atoms with Gasteiger partial charge in [0.25, 0.3) is 5.56 Å². The first-order valence-electron chi connectivity index (χ1n) is 13.5. The number of thiazole rings is 1. The normalized spacial score (nSPS) is 14.7. The average Bonchev–Trinajstić information content (AvgIpc) is 3.59. The third-order valence-electron chi connectivity index (χ3n) is 6.87. The van der Waals surface area contributed by atoms with Gasteiger partial charge >= 0.3 is 11.9 Å². The third-order valence-corrected chi connectivity index (χ3v) is 8.09. The van der Waals surface area contributed by atoms with Crippen molar-refractivity contribution in [3.63, 3.8) is 0 Å². The number of carbonyl (C=O) groups is 2. The zero-order chi connectivity index (χ0) is 31.7. The number of halogens is 1. The number of carbonyl (C=O) groups excluding carboxylic acids is 2. The second kappa shape index (κ2) is 12.6. The fourth-order valence-corrected chi connectivity index (χ4v) is 6.12. The molecule has 44 heavy (non-hydrogen) atoms. The molecule has 0 bridgehead atoms. The molecule has 0 aliphatic carbocycles. The minimum absolute atomic E-state index is 0.209. The van der Waals surface area contributed by atoms with Gasteiger partial charge in [0, 0.05) is 22.2 Å². The van der Waals surface area contributed by atoms with E-state index in [1.807, 2.05) is 0 Å². The van der Waals surface area contributed by atoms with Crippen LogP contribution >= 0.6 is 22.9 Å². The number of furan rings is 1. The molecule has 0 saturated carbocycles. The summed E-state index contributed by atoms with van der Waals surface area (Å²) < 4.78 is 29.4. The molecular weight excluding hydrogens is 608 g/mol. The molecule has 0 fully saturated rings. The van der Waals surface area contributed by atoms with Crippen molar-refractivity contribution in [3.05, 3.63) is 101 Å². The molecule has 1 aliphatic rings. The predicted molar refractivity (Wildman–Crippen MR) is 165 cm³/mol. The van der Waals surface area contributed by atoms with Crippen LogP contribution in [0, 0.1) is 0 Å². The molecule has 5 rings (SSSR count). The maximum Gasteiger partial charge on any atom is 0.338 e. The van der Waals surface area contributed by atoms with Gasteiger partial charge in [-0.2, -0.15) is 0 Å². The quantitative estimate of drug-likeness (QED) is 0.251. The Hall–Kier alpha value is -4.61. The van der Waals surface area contributed by atoms with Gasteiger partial charge in [-0.05, 0) is 69.3 Å². The molecule has 1 atom stereocenters. The Morgan fingerprint density at radius 3 is 2.50 bits per heavy atom. The van der Waals surface area contributed by atoms with E-state index in [9.17, 15) is 14.4 Å². The van der Waals surface area contributed by atoms with Crippen LogP contribution in [0.5, 0.6) is 11.5 Å². The van der Waals surface area contributed by atoms with Gasteiger partial charge in [0.15, 0.2) is 4.80 Å². The number of methoxy groups -OCH3 is 3. The highest BCUT2D eigenvalue weighted by Crippen LogP contribution is 2.38. The zero-order valence-corrected chi connectivity index (χ0v) is 26.4. The van der Waals surface area contributed by atoms with E-state index in [2.05, 4.69) is 4.99 Å². The lowest BCUT2D eigenvalue weighted by atomic mass is 9.94. The molecule has 1 aliphatic heterocycles. The Bertz CT molecular complexity index is 1990. The molecule has 10 nitrogen and oxygen atoms in total. The van der Waals surface area contributed by atoms with Gasteiger partial charge in [-0.15, -0.1) is 0 Å². The number of fused-ring (bicyclic) bond motifs is 1. The van der Waals surface area contributed by atoms with Gasteiger partial charge in [0.05, 0.1) is 48.8 Å². The summed E-state index contributed by atoms with van der Waals surface area (Å²) in [5, 5.41) is 0.411. The summed E-state index contributed by atoms with van der Waals surface area (Å²) in [5.74, 6) is 0.549. The van der Waals surface area contributed by atoms with Crippen LogP contribution in [0.3, 0.4) is 0 Å². The molecule has 0 N–H and O–H groups in total. The Morgan fingerprint density at radius 1 is 1.05 bits per heavy atom. The van der Waals surface area contributed by atoms with Crippen molar-refractivity contribution >= 4 is 41.0 Å². The van der Waals surface area contributed by atoms with E-state index in [4.69, 9.17) is 35.0 Å². The monoisotopic (exact) mass is 636 g/mol. The fourth-order valence-electron chi connectivity index (χ4n) is 4.92. The highest BCUT2D eigenvalue weighted by atomic mass is 35.5. The molecule has 2 aromatic carbocycles. The molecule has 0 unspecified atom stereocenters. The van der Waals surface area contributed by atoms with Gasteiger partial charge in [0.2, 0.25) is 0 Å². The van der Waals surface area contributed by atoms with Gasteiger partial charge < -0.3 is 23.4 Å². The summed E-state index contributed by atoms with van der Waals surface area (Å²) in [7, 11) is 4.33. The summed E-state index contributed by atoms with van der Waals surface area (Å²) >= 11 is 7.34. The number of nitrogens with zero attached hydrogens (tertiary/aromatic N) is 2. The molecule has 228 valence electrons. The Kier molecular flexibility index (Phi) is 8.80. The fraction of sp³-hybridized carbons (Fsp3) is 0.250. The third kappa shape index (κ3) is 5.80. The van der Waals surface area contributed by atoms with E-state index < -0.39 is 29.6 Å². The SMILES string of the molecule is COC(=O)c1ccc(Cl)cc1-c1ccc(/C=c2\sc3n(c2=O)[C@@H](c2cc(OC)ccc2OC)C(C(=O)OC(C)C)=C(C)N=3)o1. The van der Waals surface area contributed by atoms with Crippen molar-refractivity contribution in [3.8, 4) is 22.8 Å². The lowest BCUT2D eigenvalue weighted by Gasteiger charge is -2.26. The number of esters is 2. The van der Waals surface area contributed by atoms with E-state index in [1.165, 1.54) is 25.9 Å². The number of hydrogen-bond donors (Lipinski definition) is 0. The standard InChI is InChI=1S/C32H29ClN2O8S/c1-16(2)42-31(38)27-17(3)34-32-35(28(27)23-14-19(39-4)8-11-24(23)40-5)29(36)26(44-32)15-20-9-12-25(43-20)22-13-18(33)7-10-21(22)30(37)41-6/h7-16,28H,1-6H3/b26-15-/t28-/m0/s1. The first kappa shape index (κ1) is 30.8. The molecule has 4 aromatic rings. The number of rotatable bonds is 8. The van der Waals surface area contributed by atoms with Crippen molar-refractivity contribution in [2.45, 2.75) is 32.9 Å². The van der Waals surface area contributed by atoms with Crippen molar-refractivity contribution in [1.29, 1.82) is 0 Å². The highest BCUT2D eigenvalue weighted by molar-refractivity contribution is 7.07. The lowest BCUT2D eigenvalue weighted by Crippen LogP contribution is -2.40. The predicted octanol–water partition coefficient (Wildman–Crippen LogP) is 4.90. The smallest absolute Gasteiger partial charge is 0.338 e. The summed E-state index contributed by atoms with van der Waals surface area (Å²) in [5.41, 5.74) is 1.47. The first-order chi connectivity index (χ1) is 21.1. The van der Waals surface area contributed by atoms with Crippen LogP contribution in [-0.2, 0) is 14.3 Å². The van der Waals surface area contributed by atoms with Crippen LogP contribution in [0.1, 0.15) is 48.5 Å². The van der Waals surface area contributed by atoms with Crippen molar-refractivity contribution < 1.29 is 33.0 Å². The average molecular weight is 637 g/mol. The van der Waals surface area contributed by atoms with Gasteiger partial charge in [-0.1, -0.05) is 22.9 Å². The largest absolute Gasteiger partial charge is 0.497 e. The Labute approximate surface area is 261 Å². The highest BCUT2D eigenvalue weighted by Gasteiger charge is 2.36. The minimum atomic E-state index is -0.911. The maximum atomic E-state index is 14.1. The summed E-state index contributed by atoms with van der Waals surface area (Å²) in [6.07, 6.45) is 1.19. The van der Waals surface area contributed by atoms with Crippen LogP contribution in [0.25, 0.3) is 17.4 Å². The first-order valence-corrected chi connectivity index (χ1v) is 14.7. The van der Waals surface area contributed by atoms with Crippen LogP contribution in [0.2, 0.25) is 5.02 Å². The van der Waals surface area contributed by atoms with Crippen LogP contribution in [0.4, 0.5) is 0 Å². The van der Waals surface area contributed by atoms with Crippen LogP contribution in [0.15, 0.2) is 74.0 Å². The van der Waals surface area contributed by atoms with Crippen LogP contribution in [-0.4, -0.2) is 43.9 Å². The molecule has 0 saturated heterocycles. The molecule has 3 heterocycles. The van der Waals surface area contributed by atoms with E-state index in [1.54, 1.807) is 75.4 Å². The van der Waals surface area contributed by atoms with Crippen molar-refractivity contribution in [2.24, 2.45) is 4.99 Å². The molecule has 0 radical (unpaired) electrons. The number of ether oxygens (including phenoxy) is 4. The van der Waals surface area contributed by atoms with E-state index >= 15 is 0 Å². The topological polar surface area (TPSA) is 119 Å². The molecular formula is C32H29ClN2O8S. The zero-order valence-electron chi connectivity index (χ0n) is 24.8. The van der Waals surface area contributed by atoms with Gasteiger partial charge in [-0.3, -0.25) is 9.36 Å². The maximum absolute atomic E-state index is 14.1. The van der Waals surface area contributed by atoms with Crippen LogP contribution < -0.4 is 24.4 Å².